The summed E-state index contributed by atoms with van der Waals surface area (Å²) in [6.07, 6.45) is 4.50. The summed E-state index contributed by atoms with van der Waals surface area (Å²) in [7, 11) is 0. The molecule has 0 saturated heterocycles. The van der Waals surface area contributed by atoms with E-state index in [0.29, 0.717) is 23.9 Å². The maximum atomic E-state index is 12.1. The number of rotatable bonds is 0. The van der Waals surface area contributed by atoms with Crippen LogP contribution >= 0.6 is 0 Å². The Hall–Kier alpha value is -0.660. The van der Waals surface area contributed by atoms with E-state index in [2.05, 4.69) is 6.92 Å². The maximum absolute atomic E-state index is 12.1. The van der Waals surface area contributed by atoms with Gasteiger partial charge in [-0.3, -0.25) is 9.59 Å². The van der Waals surface area contributed by atoms with Crippen LogP contribution in [0.15, 0.2) is 0 Å². The zero-order valence-corrected chi connectivity index (χ0v) is 8.58. The molecule has 0 radical (unpaired) electrons. The van der Waals surface area contributed by atoms with Gasteiger partial charge >= 0.3 is 0 Å². The van der Waals surface area contributed by atoms with E-state index in [1.165, 1.54) is 0 Å². The maximum Gasteiger partial charge on any atom is 0.142 e. The van der Waals surface area contributed by atoms with Crippen LogP contribution in [-0.4, -0.2) is 11.6 Å². The topological polar surface area (TPSA) is 34.1 Å². The minimum absolute atomic E-state index is 0.125. The van der Waals surface area contributed by atoms with Gasteiger partial charge in [0.15, 0.2) is 0 Å². The summed E-state index contributed by atoms with van der Waals surface area (Å²) in [6, 6.07) is 0. The predicted molar refractivity (Wildman–Crippen MR) is 51.7 cm³/mol. The second-order valence-corrected chi connectivity index (χ2v) is 5.47. The summed E-state index contributed by atoms with van der Waals surface area (Å²) >= 11 is 0. The van der Waals surface area contributed by atoms with Gasteiger partial charge in [0.1, 0.15) is 11.6 Å². The highest BCUT2D eigenvalue weighted by Gasteiger charge is 2.58. The molecule has 14 heavy (non-hydrogen) atoms. The molecule has 0 amide bonds. The fourth-order valence-electron chi connectivity index (χ4n) is 4.05. The number of ketones is 2. The van der Waals surface area contributed by atoms with Crippen LogP contribution < -0.4 is 0 Å². The van der Waals surface area contributed by atoms with Crippen LogP contribution in [0.25, 0.3) is 0 Å². The predicted octanol–water partition coefficient (Wildman–Crippen LogP) is 1.97. The van der Waals surface area contributed by atoms with Crippen molar-refractivity contribution in [1.29, 1.82) is 0 Å². The van der Waals surface area contributed by atoms with E-state index in [4.69, 9.17) is 0 Å². The fourth-order valence-corrected chi connectivity index (χ4v) is 4.05. The third kappa shape index (κ3) is 0.825. The Labute approximate surface area is 84.1 Å². The van der Waals surface area contributed by atoms with Crippen molar-refractivity contribution in [2.75, 3.05) is 0 Å². The summed E-state index contributed by atoms with van der Waals surface area (Å²) in [6.45, 7) is 2.10. The van der Waals surface area contributed by atoms with Crippen LogP contribution in [0.2, 0.25) is 0 Å². The average Bonchev–Trinajstić information content (AvgIpc) is 2.21. The lowest BCUT2D eigenvalue weighted by Crippen LogP contribution is -2.57. The van der Waals surface area contributed by atoms with Gasteiger partial charge in [0.25, 0.3) is 0 Å². The second kappa shape index (κ2) is 2.47. The Bertz CT molecular complexity index is 320. The van der Waals surface area contributed by atoms with Crippen LogP contribution in [-0.2, 0) is 9.59 Å². The number of hydrogen-bond donors (Lipinski definition) is 0. The summed E-state index contributed by atoms with van der Waals surface area (Å²) in [4.78, 5) is 23.8. The standard InChI is InChI=1S/C12H16O2/c1-12-5-4-10(13)8-6-7(11(12)14)2-3-9(8)12/h7-9H,2-6H2,1H3. The third-order valence-corrected chi connectivity index (χ3v) is 4.91. The molecular weight excluding hydrogens is 176 g/mol. The third-order valence-electron chi connectivity index (χ3n) is 4.91. The zero-order chi connectivity index (χ0) is 9.92. The minimum atomic E-state index is -0.125. The quantitative estimate of drug-likeness (QED) is 0.588. The first-order valence-corrected chi connectivity index (χ1v) is 5.70. The van der Waals surface area contributed by atoms with E-state index >= 15 is 0 Å². The SMILES string of the molecule is CC12CCC(=O)C3CC(CCC31)C2=O. The molecule has 76 valence electrons. The van der Waals surface area contributed by atoms with E-state index in [9.17, 15) is 9.59 Å². The van der Waals surface area contributed by atoms with E-state index < -0.39 is 0 Å². The summed E-state index contributed by atoms with van der Waals surface area (Å²) in [5, 5.41) is 0. The number of Topliss-reactive ketones (excluding diaryl/α,β-unsaturated/α-hetero) is 2. The summed E-state index contributed by atoms with van der Waals surface area (Å²) < 4.78 is 0. The van der Waals surface area contributed by atoms with Gasteiger partial charge in [-0.05, 0) is 31.6 Å². The number of carbonyl (C=O) groups is 2. The van der Waals surface area contributed by atoms with Crippen LogP contribution in [0, 0.1) is 23.2 Å². The largest absolute Gasteiger partial charge is 0.299 e. The molecule has 2 heteroatoms. The van der Waals surface area contributed by atoms with Crippen molar-refractivity contribution in [3.8, 4) is 0 Å². The van der Waals surface area contributed by atoms with E-state index in [1.54, 1.807) is 0 Å². The van der Waals surface area contributed by atoms with Gasteiger partial charge < -0.3 is 0 Å². The molecule has 4 bridgehead atoms. The lowest BCUT2D eigenvalue weighted by Gasteiger charge is -2.55. The Kier molecular flexibility index (Phi) is 1.52. The molecule has 0 aliphatic heterocycles. The van der Waals surface area contributed by atoms with Crippen LogP contribution in [0.3, 0.4) is 0 Å². The lowest BCUT2D eigenvalue weighted by atomic mass is 9.47. The van der Waals surface area contributed by atoms with Crippen LogP contribution in [0.1, 0.15) is 39.0 Å². The molecule has 2 nitrogen and oxygen atoms in total. The fraction of sp³-hybridized carbons (Fsp3) is 0.833. The van der Waals surface area contributed by atoms with Gasteiger partial charge in [0.05, 0.1) is 0 Å². The highest BCUT2D eigenvalue weighted by atomic mass is 16.1. The Balaban J connectivity index is 2.06. The summed E-state index contributed by atoms with van der Waals surface area (Å²) in [5.41, 5.74) is -0.125. The molecule has 4 unspecified atom stereocenters. The zero-order valence-electron chi connectivity index (χ0n) is 8.58. The molecule has 0 aromatic carbocycles. The molecule has 4 atom stereocenters. The van der Waals surface area contributed by atoms with Crippen molar-refractivity contribution in [3.63, 3.8) is 0 Å². The van der Waals surface area contributed by atoms with Crippen molar-refractivity contribution >= 4 is 11.6 Å². The molecule has 0 N–H and O–H groups in total. The van der Waals surface area contributed by atoms with Crippen molar-refractivity contribution < 1.29 is 9.59 Å². The van der Waals surface area contributed by atoms with Gasteiger partial charge in [-0.1, -0.05) is 6.92 Å². The summed E-state index contributed by atoms with van der Waals surface area (Å²) in [5.74, 6) is 1.76. The first-order valence-electron chi connectivity index (χ1n) is 5.70. The van der Waals surface area contributed by atoms with Gasteiger partial charge in [-0.15, -0.1) is 0 Å². The van der Waals surface area contributed by atoms with Gasteiger partial charge in [-0.2, -0.15) is 0 Å². The molecule has 4 saturated carbocycles. The molecular formula is C12H16O2. The Morgan fingerprint density at radius 1 is 1.29 bits per heavy atom. The molecule has 0 aromatic rings. The van der Waals surface area contributed by atoms with E-state index in [1.807, 2.05) is 0 Å². The van der Waals surface area contributed by atoms with E-state index in [0.717, 1.165) is 25.7 Å². The molecule has 0 aromatic heterocycles. The smallest absolute Gasteiger partial charge is 0.142 e. The van der Waals surface area contributed by atoms with Crippen molar-refractivity contribution in [1.82, 2.24) is 0 Å². The normalized spacial score (nSPS) is 51.1. The number of fused-ring (bicyclic) bond motifs is 1. The molecule has 4 aliphatic rings. The molecule has 4 rings (SSSR count). The van der Waals surface area contributed by atoms with Crippen molar-refractivity contribution in [2.24, 2.45) is 23.2 Å². The molecule has 0 heterocycles. The van der Waals surface area contributed by atoms with Crippen LogP contribution in [0.5, 0.6) is 0 Å². The highest BCUT2D eigenvalue weighted by molar-refractivity contribution is 5.94. The first kappa shape index (κ1) is 8.63. The number of hydrogen-bond acceptors (Lipinski definition) is 2. The van der Waals surface area contributed by atoms with Gasteiger partial charge in [-0.25, -0.2) is 0 Å². The molecule has 0 spiro atoms. The Morgan fingerprint density at radius 2 is 2.07 bits per heavy atom. The average molecular weight is 192 g/mol. The first-order chi connectivity index (χ1) is 6.63. The van der Waals surface area contributed by atoms with Crippen molar-refractivity contribution in [3.05, 3.63) is 0 Å². The van der Waals surface area contributed by atoms with Gasteiger partial charge in [0, 0.05) is 23.7 Å². The lowest BCUT2D eigenvalue weighted by molar-refractivity contribution is -0.161. The van der Waals surface area contributed by atoms with E-state index in [-0.39, 0.29) is 17.3 Å². The monoisotopic (exact) mass is 192 g/mol. The van der Waals surface area contributed by atoms with Gasteiger partial charge in [0.2, 0.25) is 0 Å². The molecule has 4 fully saturated rings. The molecule has 4 aliphatic carbocycles. The minimum Gasteiger partial charge on any atom is -0.299 e. The van der Waals surface area contributed by atoms with Crippen LogP contribution in [0.4, 0.5) is 0 Å². The van der Waals surface area contributed by atoms with Crippen molar-refractivity contribution in [2.45, 2.75) is 39.0 Å². The highest BCUT2D eigenvalue weighted by Crippen LogP contribution is 2.57. The Morgan fingerprint density at radius 3 is 2.86 bits per heavy atom. The second-order valence-electron chi connectivity index (χ2n) is 5.47. The number of carbonyl (C=O) groups excluding carboxylic acids is 2.